The smallest absolute Gasteiger partial charge is 0.295 e. The molecule has 100 valence electrons. The Morgan fingerprint density at radius 3 is 2.79 bits per heavy atom. The third-order valence-electron chi connectivity index (χ3n) is 2.66. The maximum atomic E-state index is 11.5. The van der Waals surface area contributed by atoms with Crippen LogP contribution in [-0.2, 0) is 6.42 Å². The Balaban J connectivity index is 1.98. The monoisotopic (exact) mass is 261 g/mol. The first kappa shape index (κ1) is 12.9. The third-order valence-corrected chi connectivity index (χ3v) is 2.66. The van der Waals surface area contributed by atoms with Gasteiger partial charge >= 0.3 is 0 Å². The molecule has 0 radical (unpaired) electrons. The molecule has 19 heavy (non-hydrogen) atoms. The number of phenols is 1. The molecule has 0 fully saturated rings. The average molecular weight is 261 g/mol. The number of methoxy groups -OCH3 is 1. The summed E-state index contributed by atoms with van der Waals surface area (Å²) >= 11 is 0. The highest BCUT2D eigenvalue weighted by molar-refractivity contribution is 5.47. The Morgan fingerprint density at radius 1 is 1.37 bits per heavy atom. The Bertz CT molecular complexity index is 593. The van der Waals surface area contributed by atoms with E-state index in [1.807, 2.05) is 12.1 Å². The van der Waals surface area contributed by atoms with E-state index < -0.39 is 0 Å². The number of ether oxygens (including phenoxy) is 1. The summed E-state index contributed by atoms with van der Waals surface area (Å²) in [5.74, 6) is 0.841. The Hall–Kier alpha value is -2.50. The molecule has 0 amide bonds. The maximum absolute atomic E-state index is 11.5. The zero-order chi connectivity index (χ0) is 13.7. The number of nitrogens with zero attached hydrogens (tertiary/aromatic N) is 1. The number of hydrogen-bond donors (Lipinski definition) is 3. The molecule has 2 aromatic rings. The fraction of sp³-hybridized carbons (Fsp3) is 0.231. The van der Waals surface area contributed by atoms with Crippen LogP contribution in [0.25, 0.3) is 0 Å². The van der Waals surface area contributed by atoms with Crippen molar-refractivity contribution >= 4 is 5.82 Å². The summed E-state index contributed by atoms with van der Waals surface area (Å²) in [7, 11) is 1.43. The number of benzene rings is 1. The first-order valence-corrected chi connectivity index (χ1v) is 5.84. The van der Waals surface area contributed by atoms with Gasteiger partial charge in [0.25, 0.3) is 5.56 Å². The zero-order valence-corrected chi connectivity index (χ0v) is 10.5. The van der Waals surface area contributed by atoms with Gasteiger partial charge in [-0.05, 0) is 24.1 Å². The molecule has 0 saturated carbocycles. The predicted octanol–water partition coefficient (Wildman–Crippen LogP) is 1.14. The van der Waals surface area contributed by atoms with E-state index in [0.29, 0.717) is 12.4 Å². The van der Waals surface area contributed by atoms with Crippen LogP contribution in [0.4, 0.5) is 5.82 Å². The van der Waals surface area contributed by atoms with Gasteiger partial charge in [-0.25, -0.2) is 4.98 Å². The second-order valence-electron chi connectivity index (χ2n) is 3.96. The second kappa shape index (κ2) is 5.90. The lowest BCUT2D eigenvalue weighted by Gasteiger charge is -2.08. The van der Waals surface area contributed by atoms with Gasteiger partial charge in [0.05, 0.1) is 13.4 Å². The van der Waals surface area contributed by atoms with Gasteiger partial charge < -0.3 is 20.1 Å². The summed E-state index contributed by atoms with van der Waals surface area (Å²) in [6, 6.07) is 6.97. The molecule has 1 aromatic heterocycles. The fourth-order valence-electron chi connectivity index (χ4n) is 1.69. The van der Waals surface area contributed by atoms with Gasteiger partial charge in [0.15, 0.2) is 5.82 Å². The molecular formula is C13H15N3O3. The number of aromatic hydroxyl groups is 1. The van der Waals surface area contributed by atoms with Crippen LogP contribution >= 0.6 is 0 Å². The zero-order valence-electron chi connectivity index (χ0n) is 10.5. The molecule has 0 saturated heterocycles. The third kappa shape index (κ3) is 3.25. The van der Waals surface area contributed by atoms with Gasteiger partial charge in [-0.1, -0.05) is 12.1 Å². The molecule has 1 aromatic carbocycles. The van der Waals surface area contributed by atoms with Crippen molar-refractivity contribution in [1.29, 1.82) is 0 Å². The van der Waals surface area contributed by atoms with Crippen molar-refractivity contribution in [3.63, 3.8) is 0 Å². The predicted molar refractivity (Wildman–Crippen MR) is 71.7 cm³/mol. The van der Waals surface area contributed by atoms with Crippen LogP contribution in [0.3, 0.4) is 0 Å². The molecule has 0 bridgehead atoms. The minimum absolute atomic E-state index is 0.174. The highest BCUT2D eigenvalue weighted by Gasteiger charge is 2.07. The number of anilines is 1. The number of rotatable bonds is 5. The molecule has 0 spiro atoms. The van der Waals surface area contributed by atoms with Gasteiger partial charge in [0.2, 0.25) is 5.75 Å². The van der Waals surface area contributed by atoms with E-state index in [1.165, 1.54) is 13.4 Å². The molecule has 3 N–H and O–H groups in total. The Kier molecular flexibility index (Phi) is 4.02. The van der Waals surface area contributed by atoms with E-state index in [0.717, 1.165) is 12.0 Å². The van der Waals surface area contributed by atoms with E-state index in [9.17, 15) is 9.90 Å². The average Bonchev–Trinajstić information content (AvgIpc) is 2.41. The first-order chi connectivity index (χ1) is 9.20. The number of nitrogens with one attached hydrogen (secondary N) is 2. The lowest BCUT2D eigenvalue weighted by atomic mass is 10.1. The second-order valence-corrected chi connectivity index (χ2v) is 3.96. The van der Waals surface area contributed by atoms with Crippen molar-refractivity contribution in [1.82, 2.24) is 9.97 Å². The largest absolute Gasteiger partial charge is 0.508 e. The molecule has 0 aliphatic heterocycles. The van der Waals surface area contributed by atoms with Crippen LogP contribution in [-0.4, -0.2) is 28.7 Å². The number of phenolic OH excluding ortho intramolecular Hbond substituents is 1. The van der Waals surface area contributed by atoms with Crippen molar-refractivity contribution < 1.29 is 9.84 Å². The van der Waals surface area contributed by atoms with Crippen LogP contribution < -0.4 is 15.6 Å². The first-order valence-electron chi connectivity index (χ1n) is 5.84. The Morgan fingerprint density at radius 2 is 2.11 bits per heavy atom. The van der Waals surface area contributed by atoms with Gasteiger partial charge in [-0.2, -0.15) is 0 Å². The standard InChI is InChI=1S/C13H15N3O3/c1-19-11-12(15-8-16-13(11)18)14-7-6-9-2-4-10(17)5-3-9/h2-5,8,17H,6-7H2,1H3,(H2,14,15,16,18). The van der Waals surface area contributed by atoms with Gasteiger partial charge in [0, 0.05) is 6.54 Å². The van der Waals surface area contributed by atoms with Crippen molar-refractivity contribution in [3.05, 3.63) is 46.5 Å². The van der Waals surface area contributed by atoms with E-state index in [-0.39, 0.29) is 17.1 Å². The van der Waals surface area contributed by atoms with Crippen molar-refractivity contribution in [2.24, 2.45) is 0 Å². The number of aromatic nitrogens is 2. The van der Waals surface area contributed by atoms with Gasteiger partial charge in [-0.15, -0.1) is 0 Å². The Labute approximate surface area is 110 Å². The van der Waals surface area contributed by atoms with Gasteiger partial charge in [0.1, 0.15) is 5.75 Å². The summed E-state index contributed by atoms with van der Waals surface area (Å²) < 4.78 is 4.99. The molecule has 6 heteroatoms. The fourth-order valence-corrected chi connectivity index (χ4v) is 1.69. The van der Waals surface area contributed by atoms with Crippen molar-refractivity contribution in [3.8, 4) is 11.5 Å². The maximum Gasteiger partial charge on any atom is 0.295 e. The molecule has 0 atom stereocenters. The van der Waals surface area contributed by atoms with Crippen molar-refractivity contribution in [2.45, 2.75) is 6.42 Å². The quantitative estimate of drug-likeness (QED) is 0.751. The van der Waals surface area contributed by atoms with Gasteiger partial charge in [-0.3, -0.25) is 4.79 Å². The lowest BCUT2D eigenvalue weighted by molar-refractivity contribution is 0.408. The molecule has 2 rings (SSSR count). The summed E-state index contributed by atoms with van der Waals surface area (Å²) in [6.07, 6.45) is 2.08. The summed E-state index contributed by atoms with van der Waals surface area (Å²) in [5, 5.41) is 12.2. The van der Waals surface area contributed by atoms with Crippen LogP contribution in [0, 0.1) is 0 Å². The normalized spacial score (nSPS) is 10.2. The summed E-state index contributed by atoms with van der Waals surface area (Å²) in [5.41, 5.74) is 0.763. The van der Waals surface area contributed by atoms with Crippen LogP contribution in [0.2, 0.25) is 0 Å². The SMILES string of the molecule is COc1c(NCCc2ccc(O)cc2)nc[nH]c1=O. The molecule has 0 unspecified atom stereocenters. The number of H-pyrrole nitrogens is 1. The van der Waals surface area contributed by atoms with Crippen LogP contribution in [0.1, 0.15) is 5.56 Å². The molecule has 0 aliphatic carbocycles. The van der Waals surface area contributed by atoms with E-state index in [2.05, 4.69) is 15.3 Å². The van der Waals surface area contributed by atoms with Crippen LogP contribution in [0.15, 0.2) is 35.4 Å². The molecule has 0 aliphatic rings. The summed E-state index contributed by atoms with van der Waals surface area (Å²) in [6.45, 7) is 0.609. The minimum atomic E-state index is -0.315. The highest BCUT2D eigenvalue weighted by atomic mass is 16.5. The number of hydrogen-bond acceptors (Lipinski definition) is 5. The van der Waals surface area contributed by atoms with Crippen molar-refractivity contribution in [2.75, 3.05) is 19.0 Å². The lowest BCUT2D eigenvalue weighted by Crippen LogP contribution is -2.15. The van der Waals surface area contributed by atoms with E-state index in [1.54, 1.807) is 12.1 Å². The van der Waals surface area contributed by atoms with E-state index in [4.69, 9.17) is 4.74 Å². The number of aromatic amines is 1. The molecular weight excluding hydrogens is 246 g/mol. The van der Waals surface area contributed by atoms with Crippen LogP contribution in [0.5, 0.6) is 11.5 Å². The van der Waals surface area contributed by atoms with E-state index >= 15 is 0 Å². The topological polar surface area (TPSA) is 87.2 Å². The molecule has 6 nitrogen and oxygen atoms in total. The molecule has 1 heterocycles. The highest BCUT2D eigenvalue weighted by Crippen LogP contribution is 2.15. The summed E-state index contributed by atoms with van der Waals surface area (Å²) in [4.78, 5) is 17.9. The minimum Gasteiger partial charge on any atom is -0.508 e.